The molecule has 0 radical (unpaired) electrons. The molecule has 1 fully saturated rings. The maximum absolute atomic E-state index is 12.5. The minimum atomic E-state index is -0.616. The Hall–Kier alpha value is -2.57. The van der Waals surface area contributed by atoms with Gasteiger partial charge in [0.1, 0.15) is 5.75 Å². The number of anilines is 1. The average molecular weight is 396 g/mol. The van der Waals surface area contributed by atoms with Crippen molar-refractivity contribution in [1.82, 2.24) is 5.32 Å². The molecule has 6 nitrogen and oxygen atoms in total. The summed E-state index contributed by atoms with van der Waals surface area (Å²) in [7, 11) is 0. The second kappa shape index (κ2) is 8.84. The SMILES string of the molecule is Cc1ccc(NC(=O)N[C@H]2c3ccccc3C[C@H]2O)cc1OCC1CCOCC1. The Balaban J connectivity index is 1.37. The number of aliphatic hydroxyl groups excluding tert-OH is 1. The zero-order valence-corrected chi connectivity index (χ0v) is 16.7. The van der Waals surface area contributed by atoms with Crippen LogP contribution >= 0.6 is 0 Å². The first-order chi connectivity index (χ1) is 14.1. The van der Waals surface area contributed by atoms with Crippen molar-refractivity contribution in [3.63, 3.8) is 0 Å². The van der Waals surface area contributed by atoms with Crippen molar-refractivity contribution in [1.29, 1.82) is 0 Å². The number of urea groups is 1. The van der Waals surface area contributed by atoms with Crippen LogP contribution in [0.5, 0.6) is 5.75 Å². The maximum Gasteiger partial charge on any atom is 0.319 e. The molecule has 0 aromatic heterocycles. The van der Waals surface area contributed by atoms with E-state index in [4.69, 9.17) is 9.47 Å². The number of carbonyl (C=O) groups excluding carboxylic acids is 1. The van der Waals surface area contributed by atoms with Gasteiger partial charge in [-0.05, 0) is 48.4 Å². The molecule has 1 heterocycles. The molecule has 2 atom stereocenters. The molecule has 1 aliphatic heterocycles. The van der Waals surface area contributed by atoms with Crippen LogP contribution < -0.4 is 15.4 Å². The summed E-state index contributed by atoms with van der Waals surface area (Å²) < 4.78 is 11.4. The summed E-state index contributed by atoms with van der Waals surface area (Å²) >= 11 is 0. The zero-order chi connectivity index (χ0) is 20.2. The molecule has 6 heteroatoms. The summed E-state index contributed by atoms with van der Waals surface area (Å²) in [4.78, 5) is 12.5. The van der Waals surface area contributed by atoms with E-state index < -0.39 is 12.1 Å². The third-order valence-corrected chi connectivity index (χ3v) is 5.75. The molecule has 2 aliphatic rings. The van der Waals surface area contributed by atoms with E-state index in [0.29, 0.717) is 24.6 Å². The number of nitrogens with one attached hydrogen (secondary N) is 2. The molecule has 2 aromatic carbocycles. The van der Waals surface area contributed by atoms with Gasteiger partial charge >= 0.3 is 6.03 Å². The van der Waals surface area contributed by atoms with E-state index in [1.165, 1.54) is 0 Å². The molecule has 0 bridgehead atoms. The van der Waals surface area contributed by atoms with E-state index in [-0.39, 0.29) is 6.03 Å². The molecule has 29 heavy (non-hydrogen) atoms. The topological polar surface area (TPSA) is 79.8 Å². The second-order valence-corrected chi connectivity index (χ2v) is 7.89. The van der Waals surface area contributed by atoms with Crippen LogP contribution in [0.15, 0.2) is 42.5 Å². The van der Waals surface area contributed by atoms with Gasteiger partial charge in [-0.1, -0.05) is 30.3 Å². The first kappa shape index (κ1) is 19.7. The number of carbonyl (C=O) groups is 1. The van der Waals surface area contributed by atoms with Crippen LogP contribution in [0, 0.1) is 12.8 Å². The van der Waals surface area contributed by atoms with Gasteiger partial charge < -0.3 is 25.2 Å². The zero-order valence-electron chi connectivity index (χ0n) is 16.7. The summed E-state index contributed by atoms with van der Waals surface area (Å²) in [5, 5.41) is 16.1. The third kappa shape index (κ3) is 4.71. The van der Waals surface area contributed by atoms with Gasteiger partial charge in [0.25, 0.3) is 0 Å². The number of rotatable bonds is 5. The lowest BCUT2D eigenvalue weighted by atomic mass is 10.0. The average Bonchev–Trinajstić information content (AvgIpc) is 3.04. The largest absolute Gasteiger partial charge is 0.493 e. The molecular formula is C23H28N2O4. The Morgan fingerprint density at radius 1 is 1.21 bits per heavy atom. The lowest BCUT2D eigenvalue weighted by Crippen LogP contribution is -2.36. The van der Waals surface area contributed by atoms with Gasteiger partial charge in [-0.2, -0.15) is 0 Å². The fourth-order valence-corrected chi connectivity index (χ4v) is 4.01. The van der Waals surface area contributed by atoms with E-state index in [1.807, 2.05) is 49.4 Å². The van der Waals surface area contributed by atoms with Crippen LogP contribution in [0.4, 0.5) is 10.5 Å². The Labute approximate surface area is 171 Å². The number of benzene rings is 2. The standard InChI is InChI=1S/C23H28N2O4/c1-15-6-7-18(13-21(15)29-14-16-8-10-28-11-9-16)24-23(27)25-22-19-5-3-2-4-17(19)12-20(22)26/h2-7,13,16,20,22,26H,8-12,14H2,1H3,(H2,24,25,27)/t20-,22+/m1/s1. The molecule has 1 saturated heterocycles. The summed E-state index contributed by atoms with van der Waals surface area (Å²) in [5.41, 5.74) is 3.74. The van der Waals surface area contributed by atoms with E-state index in [0.717, 1.165) is 48.5 Å². The summed E-state index contributed by atoms with van der Waals surface area (Å²) in [6.07, 6.45) is 1.97. The molecular weight excluding hydrogens is 368 g/mol. The number of ether oxygens (including phenoxy) is 2. The number of aryl methyl sites for hydroxylation is 1. The molecule has 0 unspecified atom stereocenters. The predicted octanol–water partition coefficient (Wildman–Crippen LogP) is 3.58. The van der Waals surface area contributed by atoms with Crippen LogP contribution in [-0.4, -0.2) is 37.1 Å². The molecule has 1 aliphatic carbocycles. The van der Waals surface area contributed by atoms with Gasteiger partial charge in [0.05, 0.1) is 18.8 Å². The first-order valence-electron chi connectivity index (χ1n) is 10.2. The van der Waals surface area contributed by atoms with Crippen molar-refractivity contribution in [2.75, 3.05) is 25.1 Å². The fraction of sp³-hybridized carbons (Fsp3) is 0.435. The maximum atomic E-state index is 12.5. The molecule has 4 rings (SSSR count). The molecule has 2 aromatic rings. The lowest BCUT2D eigenvalue weighted by Gasteiger charge is -2.23. The minimum absolute atomic E-state index is 0.343. The van der Waals surface area contributed by atoms with Crippen molar-refractivity contribution in [2.24, 2.45) is 5.92 Å². The summed E-state index contributed by atoms with van der Waals surface area (Å²) in [6, 6.07) is 12.7. The summed E-state index contributed by atoms with van der Waals surface area (Å²) in [6.45, 7) is 4.25. The lowest BCUT2D eigenvalue weighted by molar-refractivity contribution is 0.0496. The highest BCUT2D eigenvalue weighted by Crippen LogP contribution is 2.31. The van der Waals surface area contributed by atoms with Crippen LogP contribution in [0.3, 0.4) is 0 Å². The fourth-order valence-electron chi connectivity index (χ4n) is 4.01. The van der Waals surface area contributed by atoms with Crippen molar-refractivity contribution in [2.45, 2.75) is 38.3 Å². The Morgan fingerprint density at radius 3 is 2.83 bits per heavy atom. The monoisotopic (exact) mass is 396 g/mol. The van der Waals surface area contributed by atoms with Crippen LogP contribution in [0.1, 0.15) is 35.6 Å². The number of aliphatic hydroxyl groups is 1. The van der Waals surface area contributed by atoms with Crippen LogP contribution in [0.25, 0.3) is 0 Å². The van der Waals surface area contributed by atoms with Crippen molar-refractivity contribution in [3.05, 3.63) is 59.2 Å². The van der Waals surface area contributed by atoms with E-state index in [2.05, 4.69) is 10.6 Å². The van der Waals surface area contributed by atoms with Crippen molar-refractivity contribution >= 4 is 11.7 Å². The van der Waals surface area contributed by atoms with E-state index in [9.17, 15) is 9.90 Å². The van der Waals surface area contributed by atoms with Gasteiger partial charge in [0, 0.05) is 31.4 Å². The number of hydrogen-bond donors (Lipinski definition) is 3. The van der Waals surface area contributed by atoms with Crippen LogP contribution in [0.2, 0.25) is 0 Å². The molecule has 154 valence electrons. The highest BCUT2D eigenvalue weighted by atomic mass is 16.5. The highest BCUT2D eigenvalue weighted by Gasteiger charge is 2.31. The van der Waals surface area contributed by atoms with Gasteiger partial charge in [-0.3, -0.25) is 0 Å². The van der Waals surface area contributed by atoms with E-state index >= 15 is 0 Å². The smallest absolute Gasteiger partial charge is 0.319 e. The van der Waals surface area contributed by atoms with Crippen LogP contribution in [-0.2, 0) is 11.2 Å². The van der Waals surface area contributed by atoms with Gasteiger partial charge in [0.15, 0.2) is 0 Å². The van der Waals surface area contributed by atoms with Crippen molar-refractivity contribution < 1.29 is 19.4 Å². The normalized spacial score (nSPS) is 21.4. The number of fused-ring (bicyclic) bond motifs is 1. The minimum Gasteiger partial charge on any atom is -0.493 e. The second-order valence-electron chi connectivity index (χ2n) is 7.89. The number of amides is 2. The van der Waals surface area contributed by atoms with E-state index in [1.54, 1.807) is 0 Å². The molecule has 0 saturated carbocycles. The predicted molar refractivity (Wildman–Crippen MR) is 111 cm³/mol. The molecule has 2 amide bonds. The Bertz CT molecular complexity index is 864. The quantitative estimate of drug-likeness (QED) is 0.722. The third-order valence-electron chi connectivity index (χ3n) is 5.75. The van der Waals surface area contributed by atoms with Gasteiger partial charge in [0.2, 0.25) is 0 Å². The van der Waals surface area contributed by atoms with Gasteiger partial charge in [-0.15, -0.1) is 0 Å². The first-order valence-corrected chi connectivity index (χ1v) is 10.2. The molecule has 3 N–H and O–H groups in total. The van der Waals surface area contributed by atoms with Crippen molar-refractivity contribution in [3.8, 4) is 5.75 Å². The highest BCUT2D eigenvalue weighted by molar-refractivity contribution is 5.90. The summed E-state index contributed by atoms with van der Waals surface area (Å²) in [5.74, 6) is 1.28. The van der Waals surface area contributed by atoms with Gasteiger partial charge in [-0.25, -0.2) is 4.79 Å². The molecule has 0 spiro atoms. The Morgan fingerprint density at radius 2 is 2.00 bits per heavy atom. The Kier molecular flexibility index (Phi) is 6.02. The number of hydrogen-bond acceptors (Lipinski definition) is 4.